The van der Waals surface area contributed by atoms with Crippen LogP contribution in [0.5, 0.6) is 17.2 Å². The minimum atomic E-state index is -0.689. The van der Waals surface area contributed by atoms with E-state index in [2.05, 4.69) is 12.2 Å². The number of carbonyl (C=O) groups excluding carboxylic acids is 1. The average Bonchev–Trinajstić information content (AvgIpc) is 2.80. The molecule has 3 aromatic rings. The van der Waals surface area contributed by atoms with Crippen molar-refractivity contribution in [3.63, 3.8) is 0 Å². The fraction of sp³-hybridized carbons (Fsp3) is 0.280. The Morgan fingerprint density at radius 3 is 2.66 bits per heavy atom. The monoisotopic (exact) mass is 467 g/mol. The molecule has 5 nitrogen and oxygen atoms in total. The number of phenols is 1. The molecule has 1 aliphatic rings. The molecule has 0 saturated carbocycles. The van der Waals surface area contributed by atoms with Gasteiger partial charge in [0, 0.05) is 17.2 Å². The summed E-state index contributed by atoms with van der Waals surface area (Å²) in [7, 11) is 1.62. The van der Waals surface area contributed by atoms with E-state index in [4.69, 9.17) is 21.7 Å². The highest BCUT2D eigenvalue weighted by Gasteiger charge is 2.40. The molecule has 2 N–H and O–H groups in total. The quantitative estimate of drug-likeness (QED) is 0.218. The third-order valence-electron chi connectivity index (χ3n) is 5.59. The Kier molecular flexibility index (Phi) is 6.86. The molecule has 0 fully saturated rings. The van der Waals surface area contributed by atoms with E-state index in [0.717, 1.165) is 46.2 Å². The van der Waals surface area contributed by atoms with Crippen LogP contribution in [0.3, 0.4) is 0 Å². The Morgan fingerprint density at radius 2 is 1.94 bits per heavy atom. The number of methoxy groups -OCH3 is 1. The van der Waals surface area contributed by atoms with Crippen LogP contribution in [0.2, 0.25) is 0 Å². The molecule has 0 bridgehead atoms. The van der Waals surface area contributed by atoms with E-state index in [-0.39, 0.29) is 17.6 Å². The Hall–Kier alpha value is -2.77. The predicted molar refractivity (Wildman–Crippen MR) is 133 cm³/mol. The molecule has 0 aliphatic carbocycles. The van der Waals surface area contributed by atoms with Crippen LogP contribution in [0, 0.1) is 0 Å². The summed E-state index contributed by atoms with van der Waals surface area (Å²) >= 11 is 7.08. The van der Waals surface area contributed by atoms with Crippen LogP contribution in [-0.4, -0.2) is 34.3 Å². The fourth-order valence-electron chi connectivity index (χ4n) is 3.99. The number of hydrogen-bond acceptors (Lipinski definition) is 6. The van der Waals surface area contributed by atoms with Gasteiger partial charge in [0.15, 0.2) is 0 Å². The zero-order chi connectivity index (χ0) is 22.7. The maximum absolute atomic E-state index is 13.1. The molecular weight excluding hydrogens is 442 g/mol. The number of aromatic hydroxyl groups is 1. The molecule has 2 atom stereocenters. The molecule has 0 radical (unpaired) electrons. The average molecular weight is 468 g/mol. The molecule has 166 valence electrons. The molecule has 4 rings (SSSR count). The lowest BCUT2D eigenvalue weighted by atomic mass is 9.80. The molecule has 0 spiro atoms. The van der Waals surface area contributed by atoms with E-state index in [9.17, 15) is 9.90 Å². The molecule has 1 heterocycles. The van der Waals surface area contributed by atoms with E-state index in [0.29, 0.717) is 10.1 Å². The first-order valence-corrected chi connectivity index (χ1v) is 12.0. The van der Waals surface area contributed by atoms with Crippen molar-refractivity contribution in [1.29, 1.82) is 0 Å². The zero-order valence-electron chi connectivity index (χ0n) is 18.0. The highest BCUT2D eigenvalue weighted by Crippen LogP contribution is 2.44. The first kappa shape index (κ1) is 22.4. The largest absolute Gasteiger partial charge is 0.508 e. The molecule has 3 aromatic carbocycles. The van der Waals surface area contributed by atoms with E-state index >= 15 is 0 Å². The number of esters is 1. The van der Waals surface area contributed by atoms with E-state index in [1.807, 2.05) is 42.5 Å². The number of fused-ring (bicyclic) bond motifs is 3. The minimum Gasteiger partial charge on any atom is -0.508 e. The molecule has 7 heteroatoms. The van der Waals surface area contributed by atoms with Crippen LogP contribution >= 0.6 is 24.0 Å². The standard InChI is InChI=1S/C25H25NO4S2/c1-3-4-13-32-25(31)26-23-21(16-6-10-18(29-2)11-7-16)22-19-14-17(27)9-5-15(19)8-12-20(22)30-24(23)28/h5-12,14,21,23,27H,3-4,13H2,1-2H3,(H,26,31). The number of hydrogen-bond donors (Lipinski definition) is 2. The van der Waals surface area contributed by atoms with E-state index in [1.54, 1.807) is 19.2 Å². The second-order valence-corrected chi connectivity index (χ2v) is 9.44. The van der Waals surface area contributed by atoms with Gasteiger partial charge in [0.1, 0.15) is 27.6 Å². The summed E-state index contributed by atoms with van der Waals surface area (Å²) in [4.78, 5) is 13.1. The fourth-order valence-corrected chi connectivity index (χ4v) is 5.19. The molecule has 1 aliphatic heterocycles. The van der Waals surface area contributed by atoms with Gasteiger partial charge in [-0.25, -0.2) is 4.79 Å². The third-order valence-corrected chi connectivity index (χ3v) is 6.94. The second kappa shape index (κ2) is 9.79. The van der Waals surface area contributed by atoms with E-state index in [1.165, 1.54) is 11.8 Å². The summed E-state index contributed by atoms with van der Waals surface area (Å²) in [6.07, 6.45) is 2.13. The Labute approximate surface area is 197 Å². The van der Waals surface area contributed by atoms with Crippen LogP contribution in [0.4, 0.5) is 0 Å². The summed E-state index contributed by atoms with van der Waals surface area (Å²) in [5, 5.41) is 15.2. The van der Waals surface area contributed by atoms with Crippen molar-refractivity contribution in [2.75, 3.05) is 12.9 Å². The Balaban J connectivity index is 1.82. The maximum atomic E-state index is 13.1. The topological polar surface area (TPSA) is 67.8 Å². The van der Waals surface area contributed by atoms with Gasteiger partial charge in [-0.3, -0.25) is 0 Å². The first-order chi connectivity index (χ1) is 15.5. The normalized spacial score (nSPS) is 17.5. The van der Waals surface area contributed by atoms with Crippen molar-refractivity contribution in [3.05, 3.63) is 65.7 Å². The van der Waals surface area contributed by atoms with Crippen molar-refractivity contribution in [2.24, 2.45) is 0 Å². The van der Waals surface area contributed by atoms with Crippen LogP contribution in [0.25, 0.3) is 10.8 Å². The van der Waals surface area contributed by atoms with Gasteiger partial charge in [-0.05, 0) is 53.1 Å². The number of thiocarbonyl (C=S) groups is 1. The lowest BCUT2D eigenvalue weighted by Crippen LogP contribution is -2.48. The highest BCUT2D eigenvalue weighted by atomic mass is 32.2. The lowest BCUT2D eigenvalue weighted by molar-refractivity contribution is -0.137. The number of thioether (sulfide) groups is 1. The number of ether oxygens (including phenoxy) is 2. The Morgan fingerprint density at radius 1 is 1.19 bits per heavy atom. The van der Waals surface area contributed by atoms with Gasteiger partial charge in [0.2, 0.25) is 0 Å². The van der Waals surface area contributed by atoms with Crippen molar-refractivity contribution in [2.45, 2.75) is 31.7 Å². The smallest absolute Gasteiger partial charge is 0.334 e. The number of rotatable bonds is 6. The molecule has 2 unspecified atom stereocenters. The number of benzene rings is 3. The predicted octanol–water partition coefficient (Wildman–Crippen LogP) is 5.38. The number of phenolic OH excluding ortho intramolecular Hbond substituents is 1. The number of unbranched alkanes of at least 4 members (excludes halogenated alkanes) is 1. The van der Waals surface area contributed by atoms with Crippen LogP contribution in [0.15, 0.2) is 54.6 Å². The minimum absolute atomic E-state index is 0.159. The zero-order valence-corrected chi connectivity index (χ0v) is 19.6. The lowest BCUT2D eigenvalue weighted by Gasteiger charge is -2.34. The molecule has 0 saturated heterocycles. The Bertz CT molecular complexity index is 1150. The molecular formula is C25H25NO4S2. The number of carbonyl (C=O) groups is 1. The summed E-state index contributed by atoms with van der Waals surface area (Å²) < 4.78 is 11.6. The van der Waals surface area contributed by atoms with Crippen molar-refractivity contribution < 1.29 is 19.4 Å². The summed E-state index contributed by atoms with van der Waals surface area (Å²) in [6.45, 7) is 2.13. The van der Waals surface area contributed by atoms with Gasteiger partial charge in [-0.2, -0.15) is 0 Å². The second-order valence-electron chi connectivity index (χ2n) is 7.67. The van der Waals surface area contributed by atoms with Gasteiger partial charge in [-0.1, -0.05) is 61.6 Å². The third kappa shape index (κ3) is 4.54. The number of nitrogens with one attached hydrogen (secondary N) is 1. The van der Waals surface area contributed by atoms with Gasteiger partial charge in [0.05, 0.1) is 7.11 Å². The highest BCUT2D eigenvalue weighted by molar-refractivity contribution is 8.22. The van der Waals surface area contributed by atoms with Crippen LogP contribution in [0.1, 0.15) is 36.8 Å². The molecule has 0 aromatic heterocycles. The maximum Gasteiger partial charge on any atom is 0.334 e. The van der Waals surface area contributed by atoms with Crippen molar-refractivity contribution in [1.82, 2.24) is 5.32 Å². The molecule has 32 heavy (non-hydrogen) atoms. The van der Waals surface area contributed by atoms with Crippen molar-refractivity contribution >= 4 is 45.0 Å². The van der Waals surface area contributed by atoms with Gasteiger partial charge < -0.3 is 19.9 Å². The van der Waals surface area contributed by atoms with E-state index < -0.39 is 6.04 Å². The first-order valence-electron chi connectivity index (χ1n) is 10.6. The SMILES string of the molecule is CCCCSC(=S)NC1C(=O)Oc2ccc3ccc(O)cc3c2C1c1ccc(OC)cc1. The van der Waals surface area contributed by atoms with Crippen molar-refractivity contribution in [3.8, 4) is 17.2 Å². The summed E-state index contributed by atoms with van der Waals surface area (Å²) in [5.41, 5.74) is 1.78. The van der Waals surface area contributed by atoms with Crippen LogP contribution < -0.4 is 14.8 Å². The van der Waals surface area contributed by atoms with Gasteiger partial charge >= 0.3 is 5.97 Å². The van der Waals surface area contributed by atoms with Crippen LogP contribution in [-0.2, 0) is 4.79 Å². The van der Waals surface area contributed by atoms with Gasteiger partial charge in [0.25, 0.3) is 0 Å². The summed E-state index contributed by atoms with van der Waals surface area (Å²) in [6, 6.07) is 15.9. The van der Waals surface area contributed by atoms with Gasteiger partial charge in [-0.15, -0.1) is 0 Å². The molecule has 0 amide bonds. The summed E-state index contributed by atoms with van der Waals surface area (Å²) in [5.74, 6) is 1.55.